The minimum atomic E-state index is -1.61. The summed E-state index contributed by atoms with van der Waals surface area (Å²) < 4.78 is 54.0. The zero-order chi connectivity index (χ0) is 44.1. The monoisotopic (exact) mass is 851 g/mol. The molecule has 0 bridgehead atoms. The van der Waals surface area contributed by atoms with E-state index in [1.165, 1.54) is 0 Å². The van der Waals surface area contributed by atoms with E-state index in [1.807, 2.05) is 26.8 Å². The third kappa shape index (κ3) is 9.33. The van der Waals surface area contributed by atoms with Crippen molar-refractivity contribution in [3.8, 4) is 0 Å². The summed E-state index contributed by atoms with van der Waals surface area (Å²) in [6, 6.07) is 0. The fourth-order valence-corrected chi connectivity index (χ4v) is 11.7. The van der Waals surface area contributed by atoms with Crippen LogP contribution in [0.1, 0.15) is 140 Å². The molecule has 0 aromatic rings. The van der Waals surface area contributed by atoms with Gasteiger partial charge in [-0.2, -0.15) is 0 Å². The number of carboxylic acid groups (broad SMARTS) is 1. The molecule has 0 radical (unpaired) electrons. The number of carbonyl (C=O) groups is 2. The highest BCUT2D eigenvalue weighted by Gasteiger charge is 2.64. The lowest BCUT2D eigenvalue weighted by atomic mass is 9.78. The van der Waals surface area contributed by atoms with Crippen LogP contribution in [0.3, 0.4) is 0 Å². The number of methoxy groups -OCH3 is 1. The number of aliphatic carboxylic acids is 1. The van der Waals surface area contributed by atoms with E-state index in [4.69, 9.17) is 37.9 Å². The van der Waals surface area contributed by atoms with Gasteiger partial charge in [-0.15, -0.1) is 0 Å². The first-order chi connectivity index (χ1) is 28.1. The largest absolute Gasteiger partial charge is 0.481 e. The van der Waals surface area contributed by atoms with Gasteiger partial charge in [-0.3, -0.25) is 9.59 Å². The number of aliphatic hydroxyl groups excluding tert-OH is 1. The lowest BCUT2D eigenvalue weighted by molar-refractivity contribution is -0.382. The quantitative estimate of drug-likeness (QED) is 0.160. The second-order valence-corrected chi connectivity index (χ2v) is 20.5. The van der Waals surface area contributed by atoms with E-state index in [0.717, 1.165) is 25.7 Å². The average molecular weight is 851 g/mol. The molecule has 0 aromatic carbocycles. The minimum absolute atomic E-state index is 0.0101. The predicted molar refractivity (Wildman–Crippen MR) is 222 cm³/mol. The first-order valence-corrected chi connectivity index (χ1v) is 23.1. The zero-order valence-electron chi connectivity index (χ0n) is 38.5. The summed E-state index contributed by atoms with van der Waals surface area (Å²) in [5.41, 5.74) is -0.116. The molecule has 3 N–H and O–H groups in total. The second-order valence-electron chi connectivity index (χ2n) is 20.5. The van der Waals surface area contributed by atoms with E-state index in [1.54, 1.807) is 21.0 Å². The van der Waals surface area contributed by atoms with Gasteiger partial charge < -0.3 is 53.2 Å². The molecular formula is C47H78O13. The summed E-state index contributed by atoms with van der Waals surface area (Å²) in [4.78, 5) is 25.0. The summed E-state index contributed by atoms with van der Waals surface area (Å²) in [7, 11) is 1.71. The van der Waals surface area contributed by atoms with Crippen molar-refractivity contribution in [1.29, 1.82) is 0 Å². The Bertz CT molecular complexity index is 1540. The molecule has 60 heavy (non-hydrogen) atoms. The highest BCUT2D eigenvalue weighted by atomic mass is 16.8. The van der Waals surface area contributed by atoms with Crippen molar-refractivity contribution >= 4 is 11.8 Å². The lowest BCUT2D eigenvalue weighted by Crippen LogP contribution is -2.60. The standard InChI is InChI=1S/C47H78O13/c1-25(19-26(2)41(49)27(3)20-29(5)43(50)51)36-23-37(55-40-16-14-35(53-12)34(10)54-40)33(9)46(56-36)18-17-44(11,60-46)39-15-13-30(6)47(58-39)32(8)22-38(57-47)42-28(4)21-31(7)45(52,24-48)59-42/h19,25,27-40,42,48,52H,13-18,20-24H2,1-12H3,(H,50,51)/b26-19+/t25-,27+,28-,29-,30+,31+,32-,33+,34?,35?,36-,37+,38+,39?,40?,42-,44-,45-,46+,47+/m0/s1. The molecular weight excluding hydrogens is 773 g/mol. The van der Waals surface area contributed by atoms with Crippen LogP contribution < -0.4 is 0 Å². The van der Waals surface area contributed by atoms with Crippen molar-refractivity contribution < 1.29 is 62.8 Å². The molecule has 6 heterocycles. The van der Waals surface area contributed by atoms with Gasteiger partial charge in [0.05, 0.1) is 60.9 Å². The summed E-state index contributed by atoms with van der Waals surface area (Å²) in [5.74, 6) is -5.73. The summed E-state index contributed by atoms with van der Waals surface area (Å²) in [6.07, 6.45) is 6.69. The number of ketones is 1. The molecule has 2 spiro atoms. The van der Waals surface area contributed by atoms with E-state index < -0.39 is 53.7 Å². The Hall–Kier alpha value is -1.52. The van der Waals surface area contributed by atoms with Crippen LogP contribution in [0.25, 0.3) is 0 Å². The van der Waals surface area contributed by atoms with Crippen molar-refractivity contribution in [1.82, 2.24) is 0 Å². The molecule has 4 unspecified atom stereocenters. The van der Waals surface area contributed by atoms with Gasteiger partial charge in [0.25, 0.3) is 0 Å². The van der Waals surface area contributed by atoms with Crippen LogP contribution in [0.5, 0.6) is 0 Å². The summed E-state index contributed by atoms with van der Waals surface area (Å²) in [6.45, 7) is 21.6. The fraction of sp³-hybridized carbons (Fsp3) is 0.915. The first kappa shape index (κ1) is 47.9. The molecule has 13 nitrogen and oxygen atoms in total. The van der Waals surface area contributed by atoms with Gasteiger partial charge in [0, 0.05) is 61.9 Å². The molecule has 6 fully saturated rings. The van der Waals surface area contributed by atoms with Gasteiger partial charge in [-0.05, 0) is 77.2 Å². The molecule has 344 valence electrons. The number of carboxylic acids is 1. The Morgan fingerprint density at radius 3 is 2.22 bits per heavy atom. The minimum Gasteiger partial charge on any atom is -0.481 e. The van der Waals surface area contributed by atoms with Gasteiger partial charge in [-0.1, -0.05) is 61.5 Å². The van der Waals surface area contributed by atoms with Crippen molar-refractivity contribution in [2.45, 2.75) is 212 Å². The van der Waals surface area contributed by atoms with Crippen molar-refractivity contribution in [3.05, 3.63) is 11.6 Å². The lowest BCUT2D eigenvalue weighted by Gasteiger charge is -2.52. The van der Waals surface area contributed by atoms with Crippen LogP contribution in [0.2, 0.25) is 0 Å². The zero-order valence-corrected chi connectivity index (χ0v) is 38.5. The molecule has 6 aliphatic heterocycles. The molecule has 0 amide bonds. The predicted octanol–water partition coefficient (Wildman–Crippen LogP) is 7.18. The number of Topliss-reactive ketones (excluding diaryl/α,β-unsaturated/α-hetero) is 1. The molecule has 0 aromatic heterocycles. The van der Waals surface area contributed by atoms with Crippen molar-refractivity contribution in [3.63, 3.8) is 0 Å². The summed E-state index contributed by atoms with van der Waals surface area (Å²) in [5, 5.41) is 30.7. The number of carbonyl (C=O) groups excluding carboxylic acids is 1. The highest BCUT2D eigenvalue weighted by molar-refractivity contribution is 5.96. The molecule has 13 heteroatoms. The number of ether oxygens (including phenoxy) is 8. The normalized spacial score (nSPS) is 48.0. The third-order valence-electron chi connectivity index (χ3n) is 15.9. The maximum absolute atomic E-state index is 13.5. The Morgan fingerprint density at radius 2 is 1.57 bits per heavy atom. The smallest absolute Gasteiger partial charge is 0.306 e. The van der Waals surface area contributed by atoms with E-state index in [-0.39, 0.29) is 90.4 Å². The number of allylic oxidation sites excluding steroid dienone is 1. The maximum Gasteiger partial charge on any atom is 0.306 e. The Morgan fingerprint density at radius 1 is 0.850 bits per heavy atom. The third-order valence-corrected chi connectivity index (χ3v) is 15.9. The van der Waals surface area contributed by atoms with Crippen LogP contribution >= 0.6 is 0 Å². The fourth-order valence-electron chi connectivity index (χ4n) is 11.7. The number of aliphatic hydroxyl groups is 2. The number of rotatable bonds is 13. The van der Waals surface area contributed by atoms with Gasteiger partial charge >= 0.3 is 5.97 Å². The first-order valence-electron chi connectivity index (χ1n) is 23.1. The molecule has 6 aliphatic rings. The average Bonchev–Trinajstić information content (AvgIpc) is 3.72. The van der Waals surface area contributed by atoms with E-state index in [0.29, 0.717) is 37.7 Å². The van der Waals surface area contributed by atoms with Crippen molar-refractivity contribution in [2.24, 2.45) is 47.3 Å². The van der Waals surface area contributed by atoms with Crippen LogP contribution in [0, 0.1) is 47.3 Å². The van der Waals surface area contributed by atoms with E-state index >= 15 is 0 Å². The van der Waals surface area contributed by atoms with Crippen LogP contribution in [0.15, 0.2) is 11.6 Å². The van der Waals surface area contributed by atoms with Crippen LogP contribution in [0.4, 0.5) is 0 Å². The maximum atomic E-state index is 13.5. The van der Waals surface area contributed by atoms with Gasteiger partial charge in [0.15, 0.2) is 29.4 Å². The number of hydrogen-bond donors (Lipinski definition) is 3. The number of hydrogen-bond acceptors (Lipinski definition) is 12. The van der Waals surface area contributed by atoms with Crippen LogP contribution in [-0.4, -0.2) is 113 Å². The van der Waals surface area contributed by atoms with E-state index in [9.17, 15) is 24.9 Å². The van der Waals surface area contributed by atoms with Gasteiger partial charge in [0.2, 0.25) is 0 Å². The van der Waals surface area contributed by atoms with Crippen molar-refractivity contribution in [2.75, 3.05) is 13.7 Å². The molecule has 20 atom stereocenters. The SMILES string of the molecule is COC1CCC(O[C@@H]2C[C@@H]([C@@H](C)/C=C(\C)C(=O)[C@H](C)C[C@H](C)C(=O)O)O[C@@]3(CC[C@@](C)(C4CC[C@@H](C)[C@]5(O4)O[C@@H]([C@H]4O[C@@](O)(CO)[C@H](C)C[C@@H]4C)C[C@@H]5C)O3)[C@@H]2C)OC1C. The second kappa shape index (κ2) is 18.5. The molecule has 0 saturated carbocycles. The van der Waals surface area contributed by atoms with Crippen LogP contribution in [-0.2, 0) is 47.5 Å². The summed E-state index contributed by atoms with van der Waals surface area (Å²) >= 11 is 0. The van der Waals surface area contributed by atoms with Gasteiger partial charge in [0.1, 0.15) is 0 Å². The topological polar surface area (TPSA) is 169 Å². The Labute approximate surface area is 358 Å². The van der Waals surface area contributed by atoms with E-state index in [2.05, 4.69) is 41.5 Å². The Kier molecular flexibility index (Phi) is 14.8. The Balaban J connectivity index is 1.22. The van der Waals surface area contributed by atoms with Gasteiger partial charge in [-0.25, -0.2) is 0 Å². The molecule has 6 rings (SSSR count). The highest BCUT2D eigenvalue weighted by Crippen LogP contribution is 2.57. The molecule has 0 aliphatic carbocycles. The molecule has 6 saturated heterocycles.